The predicted molar refractivity (Wildman–Crippen MR) is 179 cm³/mol. The second-order valence-corrected chi connectivity index (χ2v) is 14.7. The van der Waals surface area contributed by atoms with Crippen molar-refractivity contribution in [3.63, 3.8) is 0 Å². The van der Waals surface area contributed by atoms with Gasteiger partial charge >= 0.3 is 17.9 Å². The molecule has 2 bridgehead atoms. The predicted octanol–water partition coefficient (Wildman–Crippen LogP) is 7.37. The van der Waals surface area contributed by atoms with Crippen LogP contribution in [-0.2, 0) is 38.9 Å². The SMILES string of the molecule is CC(OC(=O)CCCCCCC(=O)OC(C)(C)C)OC(C(=O)OC1CC2CCC(C1)[N+]21CCCC1)(c1ccccc1)c1ccccc1. The van der Waals surface area contributed by atoms with Gasteiger partial charge in [0, 0.05) is 51.4 Å². The van der Waals surface area contributed by atoms with Crippen molar-refractivity contribution in [2.24, 2.45) is 0 Å². The van der Waals surface area contributed by atoms with Crippen LogP contribution in [0.25, 0.3) is 0 Å². The van der Waals surface area contributed by atoms with Gasteiger partial charge in [-0.05, 0) is 51.7 Å². The van der Waals surface area contributed by atoms with E-state index >= 15 is 0 Å². The summed E-state index contributed by atoms with van der Waals surface area (Å²) in [6, 6.07) is 19.9. The third-order valence-electron chi connectivity index (χ3n) is 10.3. The number of rotatable bonds is 14. The number of benzene rings is 2. The lowest BCUT2D eigenvalue weighted by Crippen LogP contribution is -2.60. The molecule has 0 amide bonds. The van der Waals surface area contributed by atoms with Crippen molar-refractivity contribution in [3.05, 3.63) is 71.8 Å². The first-order valence-corrected chi connectivity index (χ1v) is 17.8. The molecule has 0 N–H and O–H groups in total. The van der Waals surface area contributed by atoms with E-state index in [2.05, 4.69) is 0 Å². The van der Waals surface area contributed by atoms with Crippen molar-refractivity contribution >= 4 is 17.9 Å². The molecule has 47 heavy (non-hydrogen) atoms. The molecule has 2 aromatic carbocycles. The lowest BCUT2D eigenvalue weighted by Gasteiger charge is -2.47. The molecule has 256 valence electrons. The van der Waals surface area contributed by atoms with Crippen LogP contribution in [0, 0.1) is 0 Å². The van der Waals surface area contributed by atoms with Crippen molar-refractivity contribution in [2.45, 2.75) is 140 Å². The quantitative estimate of drug-likeness (QED) is 0.0695. The fourth-order valence-electron chi connectivity index (χ4n) is 8.27. The number of esters is 3. The number of quaternary nitrogens is 1. The van der Waals surface area contributed by atoms with Crippen LogP contribution in [-0.4, -0.2) is 65.6 Å². The van der Waals surface area contributed by atoms with Gasteiger partial charge in [-0.3, -0.25) is 9.59 Å². The Hall–Kier alpha value is -3.23. The molecular formula is C39H54NO7+. The van der Waals surface area contributed by atoms with Crippen molar-refractivity contribution < 1.29 is 37.8 Å². The van der Waals surface area contributed by atoms with Crippen LogP contribution < -0.4 is 0 Å². The summed E-state index contributed by atoms with van der Waals surface area (Å²) in [5.74, 6) is -1.06. The van der Waals surface area contributed by atoms with E-state index in [1.807, 2.05) is 81.4 Å². The molecular weight excluding hydrogens is 594 g/mol. The van der Waals surface area contributed by atoms with Crippen LogP contribution in [0.2, 0.25) is 0 Å². The normalized spacial score (nSPS) is 22.5. The molecule has 3 aliphatic heterocycles. The topological polar surface area (TPSA) is 88.1 Å². The number of unbranched alkanes of at least 4 members (excludes halogenated alkanes) is 3. The lowest BCUT2D eigenvalue weighted by atomic mass is 9.85. The molecule has 0 saturated carbocycles. The van der Waals surface area contributed by atoms with Crippen LogP contribution in [0.1, 0.15) is 116 Å². The second-order valence-electron chi connectivity index (χ2n) is 14.7. The summed E-state index contributed by atoms with van der Waals surface area (Å²) in [5, 5.41) is 0. The monoisotopic (exact) mass is 648 g/mol. The molecule has 3 atom stereocenters. The van der Waals surface area contributed by atoms with Crippen molar-refractivity contribution in [1.82, 2.24) is 0 Å². The summed E-state index contributed by atoms with van der Waals surface area (Å²) < 4.78 is 25.4. The van der Waals surface area contributed by atoms with Crippen LogP contribution >= 0.6 is 0 Å². The Kier molecular flexibility index (Phi) is 11.4. The van der Waals surface area contributed by atoms with Gasteiger partial charge in [-0.1, -0.05) is 73.5 Å². The number of ether oxygens (including phenoxy) is 4. The summed E-state index contributed by atoms with van der Waals surface area (Å²) in [4.78, 5) is 39.4. The van der Waals surface area contributed by atoms with E-state index in [-0.39, 0.29) is 18.5 Å². The highest BCUT2D eigenvalue weighted by Crippen LogP contribution is 2.47. The number of carbonyl (C=O) groups is 3. The Morgan fingerprint density at radius 2 is 1.28 bits per heavy atom. The lowest BCUT2D eigenvalue weighted by molar-refractivity contribution is -0.956. The van der Waals surface area contributed by atoms with E-state index in [4.69, 9.17) is 18.9 Å². The molecule has 2 aromatic rings. The fourth-order valence-corrected chi connectivity index (χ4v) is 8.27. The molecule has 0 aromatic heterocycles. The van der Waals surface area contributed by atoms with E-state index < -0.39 is 29.4 Å². The van der Waals surface area contributed by atoms with E-state index in [1.165, 1.54) is 43.3 Å². The summed E-state index contributed by atoms with van der Waals surface area (Å²) in [7, 11) is 0. The van der Waals surface area contributed by atoms with Crippen LogP contribution in [0.15, 0.2) is 60.7 Å². The maximum absolute atomic E-state index is 14.6. The molecule has 0 radical (unpaired) electrons. The van der Waals surface area contributed by atoms with Gasteiger partial charge in [0.05, 0.1) is 25.2 Å². The van der Waals surface area contributed by atoms with Gasteiger partial charge in [0.25, 0.3) is 0 Å². The van der Waals surface area contributed by atoms with Crippen molar-refractivity contribution in [2.75, 3.05) is 13.1 Å². The smallest absolute Gasteiger partial charge is 0.348 e. The van der Waals surface area contributed by atoms with E-state index in [0.29, 0.717) is 42.5 Å². The van der Waals surface area contributed by atoms with Gasteiger partial charge in [-0.2, -0.15) is 0 Å². The van der Waals surface area contributed by atoms with E-state index in [0.717, 1.165) is 25.7 Å². The van der Waals surface area contributed by atoms with Gasteiger partial charge in [0.1, 0.15) is 11.7 Å². The minimum Gasteiger partial charge on any atom is -0.460 e. The highest BCUT2D eigenvalue weighted by Gasteiger charge is 2.57. The Morgan fingerprint density at radius 3 is 1.79 bits per heavy atom. The number of hydrogen-bond donors (Lipinski definition) is 0. The standard InChI is InChI=1S/C39H54NO7/c1-29(44-35(41)21-13-5-6-14-22-36(42)47-38(2,3)4)46-39(30-17-9-7-10-18-30,31-19-11-8-12-20-31)37(43)45-34-27-32-23-24-33(28-34)40(32)25-15-16-26-40/h7-12,17-20,29,32-34H,5-6,13-16,21-28H2,1-4H3/q+1. The Morgan fingerprint density at radius 1 is 0.766 bits per heavy atom. The van der Waals surface area contributed by atoms with Crippen LogP contribution in [0.4, 0.5) is 0 Å². The summed E-state index contributed by atoms with van der Waals surface area (Å²) in [6.07, 6.45) is 9.11. The molecule has 3 aliphatic rings. The van der Waals surface area contributed by atoms with Gasteiger partial charge in [-0.25, -0.2) is 4.79 Å². The zero-order valence-electron chi connectivity index (χ0n) is 28.8. The Labute approximate surface area is 280 Å². The van der Waals surface area contributed by atoms with Gasteiger partial charge in [-0.15, -0.1) is 0 Å². The molecule has 8 heteroatoms. The number of carbonyl (C=O) groups excluding carboxylic acids is 3. The van der Waals surface area contributed by atoms with E-state index in [1.54, 1.807) is 6.92 Å². The third-order valence-corrected chi connectivity index (χ3v) is 10.3. The van der Waals surface area contributed by atoms with Gasteiger partial charge < -0.3 is 23.4 Å². The first-order valence-electron chi connectivity index (χ1n) is 17.8. The average molecular weight is 649 g/mol. The zero-order chi connectivity index (χ0) is 33.5. The van der Waals surface area contributed by atoms with Gasteiger partial charge in [0.2, 0.25) is 11.9 Å². The fraction of sp³-hybridized carbons (Fsp3) is 0.615. The van der Waals surface area contributed by atoms with Gasteiger partial charge in [0.15, 0.2) is 0 Å². The number of piperidine rings is 1. The molecule has 5 rings (SSSR count). The molecule has 8 nitrogen and oxygen atoms in total. The number of hydrogen-bond acceptors (Lipinski definition) is 7. The second kappa shape index (κ2) is 15.3. The number of nitrogens with zero attached hydrogens (tertiary/aromatic N) is 1. The van der Waals surface area contributed by atoms with Crippen LogP contribution in [0.5, 0.6) is 0 Å². The summed E-state index contributed by atoms with van der Waals surface area (Å²) in [5.41, 5.74) is -0.834. The summed E-state index contributed by atoms with van der Waals surface area (Å²) in [6.45, 7) is 9.75. The Balaban J connectivity index is 1.24. The highest BCUT2D eigenvalue weighted by atomic mass is 16.7. The van der Waals surface area contributed by atoms with Crippen LogP contribution in [0.3, 0.4) is 0 Å². The van der Waals surface area contributed by atoms with Crippen molar-refractivity contribution in [3.8, 4) is 0 Å². The first-order chi connectivity index (χ1) is 22.5. The van der Waals surface area contributed by atoms with E-state index in [9.17, 15) is 14.4 Å². The first kappa shape index (κ1) is 35.1. The molecule has 3 unspecified atom stereocenters. The maximum Gasteiger partial charge on any atom is 0.348 e. The minimum absolute atomic E-state index is 0.173. The highest BCUT2D eigenvalue weighted by molar-refractivity contribution is 5.86. The molecule has 3 saturated heterocycles. The molecule has 1 spiro atoms. The Bertz CT molecular complexity index is 1280. The maximum atomic E-state index is 14.6. The molecule has 0 aliphatic carbocycles. The molecule has 3 heterocycles. The third kappa shape index (κ3) is 8.44. The average Bonchev–Trinajstić information content (AvgIpc) is 3.58. The van der Waals surface area contributed by atoms with Crippen molar-refractivity contribution in [1.29, 1.82) is 0 Å². The molecule has 3 fully saturated rings. The minimum atomic E-state index is -1.61. The zero-order valence-corrected chi connectivity index (χ0v) is 28.8. The largest absolute Gasteiger partial charge is 0.460 e. The summed E-state index contributed by atoms with van der Waals surface area (Å²) >= 11 is 0.